The van der Waals surface area contributed by atoms with Gasteiger partial charge in [-0.15, -0.1) is 0 Å². The number of aromatic nitrogens is 1. The van der Waals surface area contributed by atoms with Gasteiger partial charge in [-0.25, -0.2) is 9.78 Å². The van der Waals surface area contributed by atoms with Crippen LogP contribution >= 0.6 is 0 Å². The second kappa shape index (κ2) is 6.12. The third-order valence-corrected chi connectivity index (χ3v) is 2.83. The fourth-order valence-electron chi connectivity index (χ4n) is 1.68. The Hall–Kier alpha value is -2.77. The van der Waals surface area contributed by atoms with Crippen LogP contribution in [0.3, 0.4) is 0 Å². The second-order valence-electron chi connectivity index (χ2n) is 4.41. The Morgan fingerprint density at radius 1 is 1.48 bits per heavy atom. The molecular formula is C13H16N4O4. The summed E-state index contributed by atoms with van der Waals surface area (Å²) >= 11 is 0. The predicted octanol–water partition coefficient (Wildman–Crippen LogP) is 0.463. The molecule has 3 N–H and O–H groups in total. The number of nitrogens with zero attached hydrogens (tertiary/aromatic N) is 2. The Kier molecular flexibility index (Phi) is 4.27. The average Bonchev–Trinajstić information content (AvgIpc) is 2.86. The topological polar surface area (TPSA) is 111 Å². The number of hydrogen-bond donors (Lipinski definition) is 2. The number of methoxy groups -OCH3 is 1. The third-order valence-electron chi connectivity index (χ3n) is 2.83. The summed E-state index contributed by atoms with van der Waals surface area (Å²) in [6.07, 6.45) is 0. The molecule has 0 spiro atoms. The minimum Gasteiger partial charge on any atom is -0.497 e. The fourth-order valence-corrected chi connectivity index (χ4v) is 1.68. The molecule has 8 nitrogen and oxygen atoms in total. The number of nitrogens with one attached hydrogen (secondary N) is 1. The molecular weight excluding hydrogens is 276 g/mol. The van der Waals surface area contributed by atoms with Crippen LogP contribution in [0.5, 0.6) is 5.75 Å². The molecule has 2 aromatic rings. The summed E-state index contributed by atoms with van der Waals surface area (Å²) in [6.45, 7) is 0.00577. The molecule has 8 heteroatoms. The molecule has 0 atom stereocenters. The molecule has 0 aliphatic rings. The van der Waals surface area contributed by atoms with Crippen LogP contribution in [0.25, 0.3) is 11.1 Å². The molecule has 112 valence electrons. The highest BCUT2D eigenvalue weighted by Crippen LogP contribution is 2.21. The van der Waals surface area contributed by atoms with Gasteiger partial charge < -0.3 is 25.1 Å². The minimum absolute atomic E-state index is 0.122. The van der Waals surface area contributed by atoms with Crippen LogP contribution in [-0.4, -0.2) is 42.5 Å². The van der Waals surface area contributed by atoms with Crippen molar-refractivity contribution < 1.29 is 18.7 Å². The molecule has 0 fully saturated rings. The van der Waals surface area contributed by atoms with Gasteiger partial charge in [0, 0.05) is 13.1 Å². The van der Waals surface area contributed by atoms with Crippen molar-refractivity contribution >= 4 is 23.0 Å². The second-order valence-corrected chi connectivity index (χ2v) is 4.41. The van der Waals surface area contributed by atoms with Gasteiger partial charge in [-0.2, -0.15) is 0 Å². The van der Waals surface area contributed by atoms with E-state index in [1.807, 2.05) is 0 Å². The number of amides is 3. The lowest BCUT2D eigenvalue weighted by atomic mass is 10.3. The largest absolute Gasteiger partial charge is 0.497 e. The molecule has 0 bridgehead atoms. The Morgan fingerprint density at radius 2 is 2.24 bits per heavy atom. The third kappa shape index (κ3) is 3.62. The Balaban J connectivity index is 1.97. The van der Waals surface area contributed by atoms with Crippen LogP contribution in [0.1, 0.15) is 5.89 Å². The smallest absolute Gasteiger partial charge is 0.314 e. The number of rotatable bonds is 5. The normalized spacial score (nSPS) is 10.4. The van der Waals surface area contributed by atoms with E-state index in [0.29, 0.717) is 22.7 Å². The lowest BCUT2D eigenvalue weighted by Gasteiger charge is -2.12. The van der Waals surface area contributed by atoms with E-state index in [9.17, 15) is 9.59 Å². The zero-order valence-corrected chi connectivity index (χ0v) is 11.8. The van der Waals surface area contributed by atoms with Crippen molar-refractivity contribution in [3.8, 4) is 5.75 Å². The van der Waals surface area contributed by atoms with Gasteiger partial charge in [-0.05, 0) is 12.1 Å². The van der Waals surface area contributed by atoms with Crippen LogP contribution in [-0.2, 0) is 11.3 Å². The van der Waals surface area contributed by atoms with Crippen molar-refractivity contribution in [1.29, 1.82) is 0 Å². The first kappa shape index (κ1) is 14.6. The number of likely N-dealkylation sites (N-methyl/N-ethyl adjacent to an activating group) is 1. The van der Waals surface area contributed by atoms with Crippen molar-refractivity contribution in [1.82, 2.24) is 15.2 Å². The SMILES string of the molecule is COc1ccc2oc(CNC(=O)CN(C)C(N)=O)nc2c1. The minimum atomic E-state index is -0.667. The Morgan fingerprint density at radius 3 is 2.90 bits per heavy atom. The first-order chi connectivity index (χ1) is 9.99. The van der Waals surface area contributed by atoms with Crippen LogP contribution in [0.4, 0.5) is 4.79 Å². The maximum Gasteiger partial charge on any atom is 0.314 e. The quantitative estimate of drug-likeness (QED) is 0.832. The van der Waals surface area contributed by atoms with Gasteiger partial charge in [-0.3, -0.25) is 4.79 Å². The first-order valence-electron chi connectivity index (χ1n) is 6.20. The summed E-state index contributed by atoms with van der Waals surface area (Å²) in [5.74, 6) is 0.693. The molecule has 2 rings (SSSR count). The molecule has 1 heterocycles. The molecule has 0 saturated heterocycles. The molecule has 0 aliphatic carbocycles. The number of carbonyl (C=O) groups excluding carboxylic acids is 2. The number of primary amides is 1. The van der Waals surface area contributed by atoms with Gasteiger partial charge >= 0.3 is 6.03 Å². The monoisotopic (exact) mass is 292 g/mol. The molecule has 1 aromatic carbocycles. The lowest BCUT2D eigenvalue weighted by Crippen LogP contribution is -2.40. The number of ether oxygens (including phenoxy) is 1. The number of benzene rings is 1. The van der Waals surface area contributed by atoms with Crippen molar-refractivity contribution in [3.05, 3.63) is 24.1 Å². The summed E-state index contributed by atoms with van der Waals surface area (Å²) in [5, 5.41) is 2.60. The molecule has 3 amide bonds. The maximum absolute atomic E-state index is 11.6. The van der Waals surface area contributed by atoms with E-state index in [2.05, 4.69) is 10.3 Å². The van der Waals surface area contributed by atoms with E-state index in [4.69, 9.17) is 14.9 Å². The van der Waals surface area contributed by atoms with E-state index >= 15 is 0 Å². The number of hydrogen-bond acceptors (Lipinski definition) is 5. The van der Waals surface area contributed by atoms with Gasteiger partial charge in [0.1, 0.15) is 17.8 Å². The fraction of sp³-hybridized carbons (Fsp3) is 0.308. The molecule has 0 aliphatic heterocycles. The molecule has 1 aromatic heterocycles. The van der Waals surface area contributed by atoms with Crippen molar-refractivity contribution in [3.63, 3.8) is 0 Å². The van der Waals surface area contributed by atoms with E-state index in [1.54, 1.807) is 25.3 Å². The van der Waals surface area contributed by atoms with E-state index in [0.717, 1.165) is 4.90 Å². The summed E-state index contributed by atoms with van der Waals surface area (Å²) in [4.78, 5) is 27.8. The van der Waals surface area contributed by atoms with E-state index in [1.165, 1.54) is 7.05 Å². The van der Waals surface area contributed by atoms with Crippen LogP contribution in [0.2, 0.25) is 0 Å². The van der Waals surface area contributed by atoms with Crippen molar-refractivity contribution in [2.45, 2.75) is 6.54 Å². The maximum atomic E-state index is 11.6. The highest BCUT2D eigenvalue weighted by atomic mass is 16.5. The lowest BCUT2D eigenvalue weighted by molar-refractivity contribution is -0.121. The van der Waals surface area contributed by atoms with E-state index < -0.39 is 6.03 Å². The van der Waals surface area contributed by atoms with Gasteiger partial charge in [0.25, 0.3) is 0 Å². The number of urea groups is 1. The zero-order valence-electron chi connectivity index (χ0n) is 11.8. The predicted molar refractivity (Wildman–Crippen MR) is 74.6 cm³/mol. The number of carbonyl (C=O) groups is 2. The summed E-state index contributed by atoms with van der Waals surface area (Å²) in [6, 6.07) is 4.58. The number of fused-ring (bicyclic) bond motifs is 1. The van der Waals surface area contributed by atoms with Gasteiger partial charge in [-0.1, -0.05) is 0 Å². The van der Waals surface area contributed by atoms with E-state index in [-0.39, 0.29) is 19.0 Å². The average molecular weight is 292 g/mol. The molecule has 0 radical (unpaired) electrons. The van der Waals surface area contributed by atoms with Crippen LogP contribution in [0, 0.1) is 0 Å². The van der Waals surface area contributed by atoms with Gasteiger partial charge in [0.15, 0.2) is 5.58 Å². The summed E-state index contributed by atoms with van der Waals surface area (Å²) in [5.41, 5.74) is 6.29. The zero-order chi connectivity index (χ0) is 15.4. The van der Waals surface area contributed by atoms with Gasteiger partial charge in [0.05, 0.1) is 13.7 Å². The Labute approximate surface area is 120 Å². The Bertz CT molecular complexity index is 667. The van der Waals surface area contributed by atoms with Crippen LogP contribution < -0.4 is 15.8 Å². The van der Waals surface area contributed by atoms with Crippen LogP contribution in [0.15, 0.2) is 22.6 Å². The van der Waals surface area contributed by atoms with Crippen molar-refractivity contribution in [2.24, 2.45) is 5.73 Å². The standard InChI is InChI=1S/C13H16N4O4/c1-17(13(14)19)7-11(18)15-6-12-16-9-5-8(20-2)3-4-10(9)21-12/h3-5H,6-7H2,1-2H3,(H2,14,19)(H,15,18). The molecule has 0 unspecified atom stereocenters. The summed E-state index contributed by atoms with van der Waals surface area (Å²) < 4.78 is 10.6. The number of oxazole rings is 1. The highest BCUT2D eigenvalue weighted by molar-refractivity contribution is 5.83. The first-order valence-corrected chi connectivity index (χ1v) is 6.20. The molecule has 21 heavy (non-hydrogen) atoms. The molecule has 0 saturated carbocycles. The summed E-state index contributed by atoms with van der Waals surface area (Å²) in [7, 11) is 3.01. The van der Waals surface area contributed by atoms with Gasteiger partial charge in [0.2, 0.25) is 11.8 Å². The number of nitrogens with two attached hydrogens (primary N) is 1. The van der Waals surface area contributed by atoms with Crippen molar-refractivity contribution in [2.75, 3.05) is 20.7 Å². The highest BCUT2D eigenvalue weighted by Gasteiger charge is 2.11.